The number of hydrogen-bond donors (Lipinski definition) is 3. The highest BCUT2D eigenvalue weighted by atomic mass is 16.5. The van der Waals surface area contributed by atoms with E-state index in [1.54, 1.807) is 0 Å². The molecule has 0 amide bonds. The van der Waals surface area contributed by atoms with Gasteiger partial charge in [-0.25, -0.2) is 4.98 Å². The highest BCUT2D eigenvalue weighted by Crippen LogP contribution is 2.07. The number of aliphatic hydroxyl groups is 1. The molecule has 1 atom stereocenters. The molecule has 0 saturated carbocycles. The number of aromatic nitrogens is 4. The highest BCUT2D eigenvalue weighted by Gasteiger charge is 2.12. The molecule has 9 nitrogen and oxygen atoms in total. The number of nitrogen functional groups attached to an aromatic ring is 1. The number of ether oxygens (including phenoxy) is 2. The van der Waals surface area contributed by atoms with Crippen LogP contribution in [0.5, 0.6) is 0 Å². The van der Waals surface area contributed by atoms with E-state index in [2.05, 4.69) is 15.0 Å². The molecule has 2 heterocycles. The van der Waals surface area contributed by atoms with Crippen molar-refractivity contribution in [1.82, 2.24) is 19.5 Å². The first-order valence-corrected chi connectivity index (χ1v) is 5.57. The zero-order chi connectivity index (χ0) is 13.8. The van der Waals surface area contributed by atoms with Crippen LogP contribution in [-0.2, 0) is 16.2 Å². The summed E-state index contributed by atoms with van der Waals surface area (Å²) in [6, 6.07) is 0. The number of nitrogens with zero attached hydrogens (tertiary/aromatic N) is 3. The molecule has 0 fully saturated rings. The third kappa shape index (κ3) is 2.89. The van der Waals surface area contributed by atoms with Gasteiger partial charge in [0.2, 0.25) is 5.95 Å². The van der Waals surface area contributed by atoms with Crippen LogP contribution in [0.25, 0.3) is 11.2 Å². The Morgan fingerprint density at radius 2 is 2.42 bits per heavy atom. The maximum atomic E-state index is 11.6. The third-order valence-corrected chi connectivity index (χ3v) is 2.50. The van der Waals surface area contributed by atoms with E-state index in [1.165, 1.54) is 18.0 Å². The van der Waals surface area contributed by atoms with Crippen molar-refractivity contribution < 1.29 is 14.6 Å². The summed E-state index contributed by atoms with van der Waals surface area (Å²) in [6.07, 6.45) is 0.968. The molecule has 0 unspecified atom stereocenters. The second-order valence-electron chi connectivity index (χ2n) is 3.89. The number of imidazole rings is 1. The lowest BCUT2D eigenvalue weighted by Crippen LogP contribution is -2.24. The van der Waals surface area contributed by atoms with Gasteiger partial charge in [-0.05, 0) is 0 Å². The average Bonchev–Trinajstić information content (AvgIpc) is 2.78. The number of aromatic amines is 1. The molecule has 0 radical (unpaired) electrons. The first-order chi connectivity index (χ1) is 9.15. The first kappa shape index (κ1) is 13.5. The topological polar surface area (TPSA) is 128 Å². The Labute approximate surface area is 108 Å². The van der Waals surface area contributed by atoms with Gasteiger partial charge in [-0.1, -0.05) is 0 Å². The van der Waals surface area contributed by atoms with Gasteiger partial charge >= 0.3 is 0 Å². The van der Waals surface area contributed by atoms with Gasteiger partial charge in [0.1, 0.15) is 12.8 Å². The van der Waals surface area contributed by atoms with Crippen LogP contribution in [0.1, 0.15) is 0 Å². The second kappa shape index (κ2) is 5.78. The highest BCUT2D eigenvalue weighted by molar-refractivity contribution is 5.70. The summed E-state index contributed by atoms with van der Waals surface area (Å²) in [5.41, 5.74) is 5.58. The summed E-state index contributed by atoms with van der Waals surface area (Å²) in [5, 5.41) is 9.07. The largest absolute Gasteiger partial charge is 0.394 e. The van der Waals surface area contributed by atoms with E-state index in [1.807, 2.05) is 0 Å². The van der Waals surface area contributed by atoms with Crippen molar-refractivity contribution in [3.63, 3.8) is 0 Å². The second-order valence-corrected chi connectivity index (χ2v) is 3.89. The summed E-state index contributed by atoms with van der Waals surface area (Å²) >= 11 is 0. The Bertz CT molecular complexity index is 607. The predicted octanol–water partition coefficient (Wildman–Crippen LogP) is -1.32. The molecule has 2 aromatic rings. The Hall–Kier alpha value is -1.97. The van der Waals surface area contributed by atoms with Crippen molar-refractivity contribution in [2.24, 2.45) is 0 Å². The van der Waals surface area contributed by atoms with Crippen molar-refractivity contribution in [3.05, 3.63) is 16.7 Å². The van der Waals surface area contributed by atoms with Crippen LogP contribution >= 0.6 is 0 Å². The monoisotopic (exact) mass is 269 g/mol. The van der Waals surface area contributed by atoms with Crippen molar-refractivity contribution in [1.29, 1.82) is 0 Å². The first-order valence-electron chi connectivity index (χ1n) is 5.57. The number of nitrogens with two attached hydrogens (primary N) is 1. The van der Waals surface area contributed by atoms with Crippen molar-refractivity contribution >= 4 is 17.1 Å². The number of aliphatic hydroxyl groups excluding tert-OH is 1. The quantitative estimate of drug-likeness (QED) is 0.593. The van der Waals surface area contributed by atoms with Crippen LogP contribution in [0, 0.1) is 0 Å². The van der Waals surface area contributed by atoms with Gasteiger partial charge in [-0.3, -0.25) is 14.3 Å². The van der Waals surface area contributed by atoms with E-state index in [-0.39, 0.29) is 31.4 Å². The molecule has 0 aliphatic heterocycles. The number of methoxy groups -OCH3 is 1. The summed E-state index contributed by atoms with van der Waals surface area (Å²) in [5.74, 6) is 0.00912. The molecule has 104 valence electrons. The number of H-pyrrole nitrogens is 1. The molecule has 2 rings (SSSR count). The minimum Gasteiger partial charge on any atom is -0.394 e. The maximum Gasteiger partial charge on any atom is 0.280 e. The summed E-state index contributed by atoms with van der Waals surface area (Å²) < 4.78 is 11.8. The standard InChI is InChI=1S/C10H15N5O4/c1-18-3-6(2-16)19-5-15-4-12-7-8(15)13-10(11)14-9(7)17/h4,6,16H,2-3,5H2,1H3,(H3,11,13,14,17)/t6-/m1/s1. The zero-order valence-corrected chi connectivity index (χ0v) is 10.4. The lowest BCUT2D eigenvalue weighted by molar-refractivity contribution is -0.0577. The average molecular weight is 269 g/mol. The normalized spacial score (nSPS) is 12.9. The van der Waals surface area contributed by atoms with Gasteiger partial charge in [-0.15, -0.1) is 0 Å². The third-order valence-electron chi connectivity index (χ3n) is 2.50. The minimum atomic E-state index is -0.457. The molecule has 19 heavy (non-hydrogen) atoms. The maximum absolute atomic E-state index is 11.6. The van der Waals surface area contributed by atoms with Crippen molar-refractivity contribution in [2.75, 3.05) is 26.1 Å². The molecule has 4 N–H and O–H groups in total. The SMILES string of the molecule is COC[C@@H](CO)OCn1cnc2c(=O)[nH]c(N)nc21. The van der Waals surface area contributed by atoms with Crippen LogP contribution in [0.2, 0.25) is 0 Å². The van der Waals surface area contributed by atoms with Crippen molar-refractivity contribution in [2.45, 2.75) is 12.8 Å². The molecular weight excluding hydrogens is 254 g/mol. The van der Waals surface area contributed by atoms with E-state index in [9.17, 15) is 4.79 Å². The fourth-order valence-electron chi connectivity index (χ4n) is 1.59. The van der Waals surface area contributed by atoms with E-state index in [0.717, 1.165) is 0 Å². The van der Waals surface area contributed by atoms with Gasteiger partial charge in [0.05, 0.1) is 19.5 Å². The Kier molecular flexibility index (Phi) is 4.10. The van der Waals surface area contributed by atoms with Gasteiger partial charge in [0.25, 0.3) is 5.56 Å². The number of rotatable bonds is 6. The Morgan fingerprint density at radius 1 is 1.63 bits per heavy atom. The minimum absolute atomic E-state index is 0.00912. The molecule has 0 saturated heterocycles. The summed E-state index contributed by atoms with van der Waals surface area (Å²) in [6.45, 7) is 0.177. The molecule has 2 aromatic heterocycles. The fourth-order valence-corrected chi connectivity index (χ4v) is 1.59. The lowest BCUT2D eigenvalue weighted by atomic mass is 10.4. The Morgan fingerprint density at radius 3 is 3.11 bits per heavy atom. The molecule has 0 aliphatic carbocycles. The smallest absolute Gasteiger partial charge is 0.280 e. The van der Waals surface area contributed by atoms with E-state index >= 15 is 0 Å². The molecular formula is C10H15N5O4. The summed E-state index contributed by atoms with van der Waals surface area (Å²) in [7, 11) is 1.51. The predicted molar refractivity (Wildman–Crippen MR) is 66.4 cm³/mol. The van der Waals surface area contributed by atoms with Crippen LogP contribution in [0.3, 0.4) is 0 Å². The number of fused-ring (bicyclic) bond motifs is 1. The van der Waals surface area contributed by atoms with Crippen LogP contribution in [0.15, 0.2) is 11.1 Å². The van der Waals surface area contributed by atoms with Crippen molar-refractivity contribution in [3.8, 4) is 0 Å². The fraction of sp³-hybridized carbons (Fsp3) is 0.500. The lowest BCUT2D eigenvalue weighted by Gasteiger charge is -2.14. The van der Waals surface area contributed by atoms with Crippen LogP contribution < -0.4 is 11.3 Å². The van der Waals surface area contributed by atoms with E-state index in [4.69, 9.17) is 20.3 Å². The molecule has 0 bridgehead atoms. The van der Waals surface area contributed by atoms with E-state index in [0.29, 0.717) is 5.65 Å². The van der Waals surface area contributed by atoms with Gasteiger partial charge in [0, 0.05) is 7.11 Å². The molecule has 0 aromatic carbocycles. The van der Waals surface area contributed by atoms with Gasteiger partial charge < -0.3 is 20.3 Å². The van der Waals surface area contributed by atoms with E-state index < -0.39 is 11.7 Å². The van der Waals surface area contributed by atoms with Gasteiger partial charge in [-0.2, -0.15) is 4.98 Å². The van der Waals surface area contributed by atoms with Crippen LogP contribution in [0.4, 0.5) is 5.95 Å². The zero-order valence-electron chi connectivity index (χ0n) is 10.4. The number of nitrogens with one attached hydrogen (secondary N) is 1. The Balaban J connectivity index is 2.19. The van der Waals surface area contributed by atoms with Gasteiger partial charge in [0.15, 0.2) is 11.2 Å². The van der Waals surface area contributed by atoms with Crippen LogP contribution in [-0.4, -0.2) is 51.1 Å². The molecule has 0 spiro atoms. The number of hydrogen-bond acceptors (Lipinski definition) is 7. The molecule has 0 aliphatic rings. The summed E-state index contributed by atoms with van der Waals surface area (Å²) in [4.78, 5) is 21.8. The number of anilines is 1. The molecule has 9 heteroatoms.